The van der Waals surface area contributed by atoms with Crippen molar-refractivity contribution in [3.8, 4) is 0 Å². The van der Waals surface area contributed by atoms with Gasteiger partial charge in [0.05, 0.1) is 42.2 Å². The van der Waals surface area contributed by atoms with Gasteiger partial charge in [-0.1, -0.05) is 22.0 Å². The maximum Gasteiger partial charge on any atom is 0.412 e. The van der Waals surface area contributed by atoms with E-state index in [9.17, 15) is 9.18 Å². The summed E-state index contributed by atoms with van der Waals surface area (Å²) in [6.07, 6.45) is -0.0278. The molecule has 1 fully saturated rings. The van der Waals surface area contributed by atoms with Gasteiger partial charge in [0.2, 0.25) is 5.95 Å². The molecular formula is C25H32BrFN6O4. The number of aliphatic imine (C=N–C) groups is 1. The van der Waals surface area contributed by atoms with Crippen LogP contribution in [0.15, 0.2) is 27.7 Å². The number of nitrogens with one attached hydrogen (secondary N) is 1. The fraction of sp³-hybridized carbons (Fsp3) is 0.520. The number of nitrogens with two attached hydrogens (primary N) is 1. The van der Waals surface area contributed by atoms with Crippen molar-refractivity contribution in [1.29, 1.82) is 0 Å². The number of ether oxygens (including phenoxy) is 2. The Bertz CT molecular complexity index is 1230. The van der Waals surface area contributed by atoms with Crippen LogP contribution in [0.4, 0.5) is 15.1 Å². The summed E-state index contributed by atoms with van der Waals surface area (Å²) in [7, 11) is 0. The van der Waals surface area contributed by atoms with Gasteiger partial charge in [-0.2, -0.15) is 0 Å². The summed E-state index contributed by atoms with van der Waals surface area (Å²) in [5.41, 5.74) is 10.2. The van der Waals surface area contributed by atoms with Crippen molar-refractivity contribution in [2.45, 2.75) is 71.4 Å². The molecule has 2 atom stereocenters. The second kappa shape index (κ2) is 10.1. The average molecular weight is 579 g/mol. The van der Waals surface area contributed by atoms with Crippen molar-refractivity contribution in [3.63, 3.8) is 0 Å². The van der Waals surface area contributed by atoms with Crippen LogP contribution in [0.1, 0.15) is 63.2 Å². The Hall–Kier alpha value is -2.83. The number of nitrogen functional groups attached to an aromatic ring is 1. The van der Waals surface area contributed by atoms with Gasteiger partial charge in [-0.3, -0.25) is 14.7 Å². The molecule has 12 heteroatoms. The smallest absolute Gasteiger partial charge is 0.412 e. The van der Waals surface area contributed by atoms with Crippen LogP contribution in [0.2, 0.25) is 0 Å². The van der Waals surface area contributed by atoms with E-state index in [4.69, 9.17) is 25.0 Å². The number of fused-ring (bicyclic) bond motifs is 1. The number of nitrogens with zero attached hydrogens (tertiary/aromatic N) is 4. The number of halogens is 2. The predicted octanol–water partition coefficient (Wildman–Crippen LogP) is 4.21. The molecule has 1 aromatic heterocycles. The van der Waals surface area contributed by atoms with Crippen molar-refractivity contribution in [3.05, 3.63) is 51.0 Å². The molecule has 3 N–H and O–H groups in total. The Balaban J connectivity index is 1.56. The summed E-state index contributed by atoms with van der Waals surface area (Å²) in [6.45, 7) is 11.3. The molecule has 2 aromatic rings. The molecule has 4 rings (SSSR count). The van der Waals surface area contributed by atoms with Gasteiger partial charge < -0.3 is 15.2 Å². The molecular weight excluding hydrogens is 547 g/mol. The summed E-state index contributed by atoms with van der Waals surface area (Å²) in [5, 5.41) is 0. The molecule has 1 aromatic carbocycles. The zero-order chi connectivity index (χ0) is 27.1. The van der Waals surface area contributed by atoms with Crippen molar-refractivity contribution in [1.82, 2.24) is 20.3 Å². The molecule has 200 valence electrons. The Labute approximate surface area is 223 Å². The molecule has 0 bridgehead atoms. The van der Waals surface area contributed by atoms with Crippen molar-refractivity contribution in [2.24, 2.45) is 4.99 Å². The van der Waals surface area contributed by atoms with Gasteiger partial charge in [-0.05, 0) is 59.2 Å². The van der Waals surface area contributed by atoms with Gasteiger partial charge in [-0.15, -0.1) is 0 Å². The van der Waals surface area contributed by atoms with Crippen molar-refractivity contribution >= 4 is 33.8 Å². The third-order valence-corrected chi connectivity index (χ3v) is 6.71. The highest BCUT2D eigenvalue weighted by Crippen LogP contribution is 2.34. The number of hydrogen-bond acceptors (Lipinski definition) is 9. The predicted molar refractivity (Wildman–Crippen MR) is 139 cm³/mol. The first kappa shape index (κ1) is 27.2. The highest BCUT2D eigenvalue weighted by molar-refractivity contribution is 9.10. The van der Waals surface area contributed by atoms with Gasteiger partial charge in [0.25, 0.3) is 0 Å². The first-order valence-corrected chi connectivity index (χ1v) is 12.7. The molecule has 0 spiro atoms. The maximum absolute atomic E-state index is 13.7. The molecule has 1 saturated heterocycles. The van der Waals surface area contributed by atoms with Crippen LogP contribution >= 0.6 is 15.9 Å². The van der Waals surface area contributed by atoms with E-state index in [1.165, 1.54) is 12.1 Å². The van der Waals surface area contributed by atoms with E-state index in [1.54, 1.807) is 11.0 Å². The number of hydroxylamine groups is 1. The molecule has 3 heterocycles. The van der Waals surface area contributed by atoms with Gasteiger partial charge in [-0.25, -0.2) is 24.6 Å². The fourth-order valence-electron chi connectivity index (χ4n) is 4.48. The van der Waals surface area contributed by atoms with Crippen LogP contribution < -0.4 is 11.2 Å². The zero-order valence-electron chi connectivity index (χ0n) is 21.8. The van der Waals surface area contributed by atoms with Gasteiger partial charge in [0.1, 0.15) is 17.1 Å². The van der Waals surface area contributed by atoms with E-state index >= 15 is 0 Å². The number of aryl methyl sites for hydroxylation is 1. The quantitative estimate of drug-likeness (QED) is 0.517. The Morgan fingerprint density at radius 1 is 1.35 bits per heavy atom. The van der Waals surface area contributed by atoms with Crippen LogP contribution in [-0.2, 0) is 20.7 Å². The zero-order valence-corrected chi connectivity index (χ0v) is 23.3. The van der Waals surface area contributed by atoms with Crippen LogP contribution in [0.25, 0.3) is 0 Å². The van der Waals surface area contributed by atoms with Crippen LogP contribution in [0, 0.1) is 12.7 Å². The van der Waals surface area contributed by atoms with Gasteiger partial charge in [0, 0.05) is 10.9 Å². The van der Waals surface area contributed by atoms with E-state index in [2.05, 4.69) is 31.4 Å². The number of amides is 1. The molecule has 0 saturated carbocycles. The first-order chi connectivity index (χ1) is 17.2. The summed E-state index contributed by atoms with van der Waals surface area (Å²) >= 11 is 3.44. The number of benzene rings is 1. The van der Waals surface area contributed by atoms with Crippen molar-refractivity contribution < 1.29 is 23.5 Å². The third kappa shape index (κ3) is 6.02. The summed E-state index contributed by atoms with van der Waals surface area (Å²) in [6, 6.07) is 3.71. The molecule has 1 unspecified atom stereocenters. The minimum Gasteiger partial charge on any atom is -0.444 e. The van der Waals surface area contributed by atoms with E-state index in [1.807, 2.05) is 41.5 Å². The third-order valence-electron chi connectivity index (χ3n) is 6.02. The number of aromatic nitrogens is 2. The van der Waals surface area contributed by atoms with Crippen molar-refractivity contribution in [2.75, 3.05) is 18.9 Å². The molecule has 0 radical (unpaired) electrons. The Morgan fingerprint density at radius 2 is 2.08 bits per heavy atom. The van der Waals surface area contributed by atoms with E-state index in [-0.39, 0.29) is 31.0 Å². The largest absolute Gasteiger partial charge is 0.444 e. The van der Waals surface area contributed by atoms with Gasteiger partial charge in [0.15, 0.2) is 5.84 Å². The Kier molecular flexibility index (Phi) is 7.46. The monoisotopic (exact) mass is 578 g/mol. The summed E-state index contributed by atoms with van der Waals surface area (Å²) in [4.78, 5) is 33.9. The average Bonchev–Trinajstić information content (AvgIpc) is 3.05. The highest BCUT2D eigenvalue weighted by Gasteiger charge is 2.46. The molecule has 1 amide bonds. The topological polar surface area (TPSA) is 124 Å². The summed E-state index contributed by atoms with van der Waals surface area (Å²) in [5.74, 6) is 0.229. The maximum atomic E-state index is 13.7. The van der Waals surface area contributed by atoms with Crippen LogP contribution in [0.3, 0.4) is 0 Å². The van der Waals surface area contributed by atoms with E-state index < -0.39 is 23.5 Å². The number of carbonyl (C=O) groups is 1. The minimum atomic E-state index is -0.854. The number of carbonyl (C=O) groups excluding carboxylic acids is 1. The van der Waals surface area contributed by atoms with Crippen LogP contribution in [0.5, 0.6) is 0 Å². The number of anilines is 1. The summed E-state index contributed by atoms with van der Waals surface area (Å²) < 4.78 is 25.7. The first-order valence-electron chi connectivity index (χ1n) is 12.0. The fourth-order valence-corrected chi connectivity index (χ4v) is 5.10. The standard InChI is InChI=1S/C25H32BrFN6O4/c1-13-20-19(31-22(28)29-13)10-18(16-8-7-14(27)9-17(16)26)30-21(20)32-36-12-15-11-35-25(5,6)33(15)23(34)37-24(2,3)4/h7-9,15,18H,10-12H2,1-6H3,(H,30,32)(H2,28,29,31)/t15?,18-/m1/s1. The second-order valence-electron chi connectivity index (χ2n) is 10.5. The molecule has 2 aliphatic rings. The number of hydrogen-bond donors (Lipinski definition) is 2. The number of rotatable bonds is 4. The second-order valence-corrected chi connectivity index (χ2v) is 11.4. The molecule has 37 heavy (non-hydrogen) atoms. The molecule has 0 aliphatic carbocycles. The lowest BCUT2D eigenvalue weighted by Crippen LogP contribution is -2.51. The number of amidine groups is 1. The Morgan fingerprint density at radius 3 is 2.76 bits per heavy atom. The van der Waals surface area contributed by atoms with Crippen LogP contribution in [-0.4, -0.2) is 57.4 Å². The lowest BCUT2D eigenvalue weighted by Gasteiger charge is -2.35. The SMILES string of the molecule is Cc1nc(N)nc2c1C(NOCC1COC(C)(C)N1C(=O)OC(C)(C)C)=N[C@@H](c1ccc(F)cc1Br)C2. The lowest BCUT2D eigenvalue weighted by molar-refractivity contribution is -0.0668. The molecule has 2 aliphatic heterocycles. The van der Waals surface area contributed by atoms with E-state index in [0.717, 1.165) is 5.56 Å². The van der Waals surface area contributed by atoms with E-state index in [0.29, 0.717) is 33.7 Å². The van der Waals surface area contributed by atoms with Gasteiger partial charge >= 0.3 is 6.09 Å². The normalized spacial score (nSPS) is 20.9. The minimum absolute atomic E-state index is 0.108. The lowest BCUT2D eigenvalue weighted by atomic mass is 9.95. The molecule has 10 nitrogen and oxygen atoms in total. The highest BCUT2D eigenvalue weighted by atomic mass is 79.9.